The number of nitrogens with one attached hydrogen (secondary N) is 1. The van der Waals surface area contributed by atoms with Gasteiger partial charge in [-0.1, -0.05) is 30.0 Å². The average Bonchev–Trinajstić information content (AvgIpc) is 2.94. The van der Waals surface area contributed by atoms with Crippen LogP contribution in [0.5, 0.6) is 0 Å². The molecular formula is C17H18N4S2. The van der Waals surface area contributed by atoms with Crippen LogP contribution in [0.15, 0.2) is 45.1 Å². The van der Waals surface area contributed by atoms with Crippen molar-refractivity contribution in [3.05, 3.63) is 47.3 Å². The van der Waals surface area contributed by atoms with Crippen molar-refractivity contribution in [3.63, 3.8) is 0 Å². The summed E-state index contributed by atoms with van der Waals surface area (Å²) in [6.45, 7) is 4.00. The van der Waals surface area contributed by atoms with Crippen LogP contribution in [0.1, 0.15) is 17.0 Å². The van der Waals surface area contributed by atoms with E-state index < -0.39 is 0 Å². The molecule has 0 bridgehead atoms. The number of hydrogen-bond donors (Lipinski definition) is 1. The fourth-order valence-corrected chi connectivity index (χ4v) is 4.66. The molecule has 2 aromatic heterocycles. The van der Waals surface area contributed by atoms with Gasteiger partial charge in [-0.25, -0.2) is 9.50 Å². The van der Waals surface area contributed by atoms with Crippen molar-refractivity contribution in [3.8, 4) is 0 Å². The zero-order valence-corrected chi connectivity index (χ0v) is 14.8. The number of aromatic nitrogens is 3. The summed E-state index contributed by atoms with van der Waals surface area (Å²) >= 11 is 3.44. The molecule has 0 radical (unpaired) electrons. The molecule has 1 N–H and O–H groups in total. The van der Waals surface area contributed by atoms with E-state index in [2.05, 4.69) is 47.3 Å². The molecule has 0 atom stereocenters. The first-order chi connectivity index (χ1) is 11.3. The van der Waals surface area contributed by atoms with Crippen LogP contribution in [0.25, 0.3) is 5.65 Å². The molecule has 3 heterocycles. The summed E-state index contributed by atoms with van der Waals surface area (Å²) in [5, 5.41) is 9.33. The van der Waals surface area contributed by atoms with E-state index in [0.717, 1.165) is 40.8 Å². The van der Waals surface area contributed by atoms with E-state index in [1.165, 1.54) is 16.2 Å². The SMILES string of the molecule is CSc1nn2c3c(c(C)nc2c1Sc1ccccc1)CNCC3. The molecule has 6 heteroatoms. The molecule has 23 heavy (non-hydrogen) atoms. The number of fused-ring (bicyclic) bond motifs is 3. The molecule has 0 fully saturated rings. The van der Waals surface area contributed by atoms with Gasteiger partial charge >= 0.3 is 0 Å². The first kappa shape index (κ1) is 15.1. The fraction of sp³-hybridized carbons (Fsp3) is 0.294. The Morgan fingerprint density at radius 2 is 2.04 bits per heavy atom. The summed E-state index contributed by atoms with van der Waals surface area (Å²) in [6, 6.07) is 10.4. The highest BCUT2D eigenvalue weighted by molar-refractivity contribution is 8.02. The summed E-state index contributed by atoms with van der Waals surface area (Å²) in [5.41, 5.74) is 4.71. The standard InChI is InChI=1S/C17H18N4S2/c1-11-13-10-18-9-8-14(13)21-16(19-11)15(17(20-21)22-2)23-12-6-4-3-5-7-12/h3-7,18H,8-10H2,1-2H3. The van der Waals surface area contributed by atoms with Gasteiger partial charge in [0.1, 0.15) is 5.03 Å². The lowest BCUT2D eigenvalue weighted by atomic mass is 10.1. The topological polar surface area (TPSA) is 42.2 Å². The Morgan fingerprint density at radius 1 is 1.22 bits per heavy atom. The predicted octanol–water partition coefficient (Wildman–Crippen LogP) is 3.56. The largest absolute Gasteiger partial charge is 0.312 e. The van der Waals surface area contributed by atoms with Crippen LogP contribution in [-0.2, 0) is 13.0 Å². The Hall–Kier alpha value is -1.50. The maximum atomic E-state index is 4.88. The number of nitrogens with zero attached hydrogens (tertiary/aromatic N) is 3. The monoisotopic (exact) mass is 342 g/mol. The predicted molar refractivity (Wildman–Crippen MR) is 95.5 cm³/mol. The molecule has 0 spiro atoms. The molecule has 1 aliphatic rings. The third-order valence-corrected chi connectivity index (χ3v) is 5.99. The highest BCUT2D eigenvalue weighted by Crippen LogP contribution is 2.38. The molecular weight excluding hydrogens is 324 g/mol. The molecule has 0 aliphatic carbocycles. The molecule has 0 unspecified atom stereocenters. The van der Waals surface area contributed by atoms with Crippen LogP contribution in [0.2, 0.25) is 0 Å². The van der Waals surface area contributed by atoms with Gasteiger partial charge in [0.25, 0.3) is 0 Å². The van der Waals surface area contributed by atoms with Crippen LogP contribution in [0, 0.1) is 6.92 Å². The number of rotatable bonds is 3. The molecule has 3 aromatic rings. The van der Waals surface area contributed by atoms with Crippen molar-refractivity contribution in [2.75, 3.05) is 12.8 Å². The van der Waals surface area contributed by atoms with Crippen LogP contribution < -0.4 is 5.32 Å². The van der Waals surface area contributed by atoms with Gasteiger partial charge in [0, 0.05) is 35.7 Å². The number of thioether (sulfide) groups is 1. The van der Waals surface area contributed by atoms with Gasteiger partial charge in [-0.2, -0.15) is 5.10 Å². The van der Waals surface area contributed by atoms with Crippen LogP contribution >= 0.6 is 23.5 Å². The summed E-state index contributed by atoms with van der Waals surface area (Å²) in [7, 11) is 0. The minimum atomic E-state index is 0.889. The molecule has 1 aromatic carbocycles. The molecule has 1 aliphatic heterocycles. The Morgan fingerprint density at radius 3 is 2.83 bits per heavy atom. The number of hydrogen-bond acceptors (Lipinski definition) is 5. The normalized spacial score (nSPS) is 14.2. The highest BCUT2D eigenvalue weighted by atomic mass is 32.2. The van der Waals surface area contributed by atoms with Gasteiger partial charge in [-0.3, -0.25) is 0 Å². The van der Waals surface area contributed by atoms with Gasteiger partial charge in [0.2, 0.25) is 0 Å². The Labute approximate surface area is 144 Å². The second kappa shape index (κ2) is 6.19. The summed E-state index contributed by atoms with van der Waals surface area (Å²) < 4.78 is 2.07. The van der Waals surface area contributed by atoms with Gasteiger partial charge in [0.15, 0.2) is 5.65 Å². The van der Waals surface area contributed by atoms with E-state index >= 15 is 0 Å². The van der Waals surface area contributed by atoms with Crippen molar-refractivity contribution >= 4 is 29.2 Å². The molecule has 0 amide bonds. The summed E-state index contributed by atoms with van der Waals surface area (Å²) in [6.07, 6.45) is 3.08. The smallest absolute Gasteiger partial charge is 0.170 e. The fourth-order valence-electron chi connectivity index (χ4n) is 2.96. The van der Waals surface area contributed by atoms with Gasteiger partial charge < -0.3 is 5.32 Å². The first-order valence-corrected chi connectivity index (χ1v) is 9.70. The maximum Gasteiger partial charge on any atom is 0.170 e. The second-order valence-electron chi connectivity index (χ2n) is 5.54. The zero-order chi connectivity index (χ0) is 15.8. The third-order valence-electron chi connectivity index (χ3n) is 4.10. The molecule has 0 saturated heterocycles. The maximum absolute atomic E-state index is 4.88. The number of aryl methyl sites for hydroxylation is 1. The Balaban J connectivity index is 1.91. The molecule has 4 rings (SSSR count). The van der Waals surface area contributed by atoms with Crippen LogP contribution in [0.4, 0.5) is 0 Å². The van der Waals surface area contributed by atoms with E-state index in [1.54, 1.807) is 23.5 Å². The minimum Gasteiger partial charge on any atom is -0.312 e. The molecule has 118 valence electrons. The summed E-state index contributed by atoms with van der Waals surface area (Å²) in [4.78, 5) is 7.26. The first-order valence-electron chi connectivity index (χ1n) is 7.66. The van der Waals surface area contributed by atoms with Gasteiger partial charge in [-0.05, 0) is 25.3 Å². The van der Waals surface area contributed by atoms with Crippen molar-refractivity contribution in [1.82, 2.24) is 19.9 Å². The Bertz CT molecular complexity index is 858. The Kier molecular flexibility index (Phi) is 4.05. The zero-order valence-electron chi connectivity index (χ0n) is 13.2. The van der Waals surface area contributed by atoms with E-state index in [9.17, 15) is 0 Å². The van der Waals surface area contributed by atoms with Crippen LogP contribution in [0.3, 0.4) is 0 Å². The van der Waals surface area contributed by atoms with E-state index in [0.29, 0.717) is 0 Å². The van der Waals surface area contributed by atoms with Gasteiger partial charge in [0.05, 0.1) is 10.6 Å². The van der Waals surface area contributed by atoms with Crippen molar-refractivity contribution in [2.45, 2.75) is 34.7 Å². The quantitative estimate of drug-likeness (QED) is 0.737. The lowest BCUT2D eigenvalue weighted by molar-refractivity contribution is 0.603. The van der Waals surface area contributed by atoms with Crippen molar-refractivity contribution in [2.24, 2.45) is 0 Å². The highest BCUT2D eigenvalue weighted by Gasteiger charge is 2.22. The average molecular weight is 342 g/mol. The minimum absolute atomic E-state index is 0.889. The van der Waals surface area contributed by atoms with Crippen molar-refractivity contribution in [1.29, 1.82) is 0 Å². The lowest BCUT2D eigenvalue weighted by Crippen LogP contribution is -2.27. The summed E-state index contributed by atoms with van der Waals surface area (Å²) in [5.74, 6) is 0. The van der Waals surface area contributed by atoms with Crippen LogP contribution in [-0.4, -0.2) is 27.4 Å². The molecule has 4 nitrogen and oxygen atoms in total. The van der Waals surface area contributed by atoms with E-state index in [4.69, 9.17) is 10.1 Å². The van der Waals surface area contributed by atoms with Crippen molar-refractivity contribution < 1.29 is 0 Å². The molecule has 0 saturated carbocycles. The van der Waals surface area contributed by atoms with E-state index in [-0.39, 0.29) is 0 Å². The third kappa shape index (κ3) is 2.65. The van der Waals surface area contributed by atoms with E-state index in [1.807, 2.05) is 6.07 Å². The lowest BCUT2D eigenvalue weighted by Gasteiger charge is -2.19. The van der Waals surface area contributed by atoms with Gasteiger partial charge in [-0.15, -0.1) is 11.8 Å². The second-order valence-corrected chi connectivity index (χ2v) is 7.42. The number of benzene rings is 1.